The first-order valence-electron chi connectivity index (χ1n) is 6.12. The molecule has 0 saturated heterocycles. The van der Waals surface area contributed by atoms with Gasteiger partial charge in [0.25, 0.3) is 6.43 Å². The molecule has 0 unspecified atom stereocenters. The Labute approximate surface area is 116 Å². The maximum Gasteiger partial charge on any atom is 0.251 e. The molecular formula is C13H19F2N3O2. The predicted octanol–water partition coefficient (Wildman–Crippen LogP) is 1.80. The molecule has 3 N–H and O–H groups in total. The molecule has 0 heterocycles. The van der Waals surface area contributed by atoms with Gasteiger partial charge in [0.05, 0.1) is 25.0 Å². The summed E-state index contributed by atoms with van der Waals surface area (Å²) in [4.78, 5) is 13.1. The quantitative estimate of drug-likeness (QED) is 0.750. The first-order chi connectivity index (χ1) is 9.42. The number of nitrogen functional groups attached to an aromatic ring is 1. The number of carbonyl (C=O) groups excluding carboxylic acids is 1. The van der Waals surface area contributed by atoms with E-state index in [2.05, 4.69) is 5.32 Å². The summed E-state index contributed by atoms with van der Waals surface area (Å²) in [5.74, 6) is 0.320. The number of methoxy groups -OCH3 is 1. The van der Waals surface area contributed by atoms with Crippen LogP contribution < -0.4 is 15.8 Å². The Morgan fingerprint density at radius 3 is 2.75 bits per heavy atom. The van der Waals surface area contributed by atoms with Crippen molar-refractivity contribution in [2.45, 2.75) is 12.8 Å². The fraction of sp³-hybridized carbons (Fsp3) is 0.462. The number of nitrogens with two attached hydrogens (primary N) is 1. The number of nitrogens with one attached hydrogen (secondary N) is 1. The second-order valence-electron chi connectivity index (χ2n) is 4.40. The highest BCUT2D eigenvalue weighted by atomic mass is 19.3. The van der Waals surface area contributed by atoms with Crippen LogP contribution in [0.25, 0.3) is 0 Å². The van der Waals surface area contributed by atoms with Crippen molar-refractivity contribution in [2.24, 2.45) is 0 Å². The summed E-state index contributed by atoms with van der Waals surface area (Å²) in [7, 11) is 3.06. The van der Waals surface area contributed by atoms with Crippen molar-refractivity contribution in [1.29, 1.82) is 0 Å². The van der Waals surface area contributed by atoms with Crippen LogP contribution >= 0.6 is 0 Å². The highest BCUT2D eigenvalue weighted by molar-refractivity contribution is 5.94. The zero-order valence-electron chi connectivity index (χ0n) is 11.5. The number of nitrogens with zero attached hydrogens (tertiary/aromatic N) is 1. The highest BCUT2D eigenvalue weighted by Gasteiger charge is 2.11. The molecule has 0 aliphatic heterocycles. The van der Waals surface area contributed by atoms with E-state index in [9.17, 15) is 13.6 Å². The Morgan fingerprint density at radius 2 is 2.20 bits per heavy atom. The molecule has 5 nitrogen and oxygen atoms in total. The van der Waals surface area contributed by atoms with E-state index in [1.165, 1.54) is 12.0 Å². The van der Waals surface area contributed by atoms with E-state index in [-0.39, 0.29) is 25.4 Å². The normalized spacial score (nSPS) is 10.9. The highest BCUT2D eigenvalue weighted by Crippen LogP contribution is 2.24. The average molecular weight is 287 g/mol. The molecule has 0 saturated carbocycles. The van der Waals surface area contributed by atoms with Crippen LogP contribution in [-0.4, -0.2) is 44.5 Å². The molecule has 1 rings (SSSR count). The summed E-state index contributed by atoms with van der Waals surface area (Å²) in [5, 5.41) is 2.64. The van der Waals surface area contributed by atoms with E-state index in [0.717, 1.165) is 0 Å². The van der Waals surface area contributed by atoms with Crippen LogP contribution in [0.5, 0.6) is 5.75 Å². The van der Waals surface area contributed by atoms with Crippen molar-refractivity contribution < 1.29 is 18.3 Å². The van der Waals surface area contributed by atoms with Crippen LogP contribution in [0.2, 0.25) is 0 Å². The third kappa shape index (κ3) is 5.40. The fourth-order valence-electron chi connectivity index (χ4n) is 1.61. The Bertz CT molecular complexity index is 455. The number of alkyl halides is 2. The van der Waals surface area contributed by atoms with Gasteiger partial charge in [-0.15, -0.1) is 0 Å². The van der Waals surface area contributed by atoms with Crippen molar-refractivity contribution in [2.75, 3.05) is 38.3 Å². The minimum absolute atomic E-state index is 0.120. The number of benzene rings is 1. The number of carbonyl (C=O) groups is 1. The van der Waals surface area contributed by atoms with Gasteiger partial charge in [0, 0.05) is 19.0 Å². The average Bonchev–Trinajstić information content (AvgIpc) is 2.38. The molecule has 0 fully saturated rings. The molecule has 0 aliphatic rings. The Balaban J connectivity index is 2.46. The lowest BCUT2D eigenvalue weighted by molar-refractivity contribution is -0.116. The number of rotatable bonds is 7. The van der Waals surface area contributed by atoms with Gasteiger partial charge in [-0.25, -0.2) is 8.78 Å². The summed E-state index contributed by atoms with van der Waals surface area (Å²) in [6.45, 7) is -0.0931. The molecule has 112 valence electrons. The lowest BCUT2D eigenvalue weighted by Crippen LogP contribution is -2.28. The largest absolute Gasteiger partial charge is 0.497 e. The number of hydrogen-bond donors (Lipinski definition) is 2. The van der Waals surface area contributed by atoms with Gasteiger partial charge in [-0.2, -0.15) is 0 Å². The molecule has 7 heteroatoms. The van der Waals surface area contributed by atoms with Gasteiger partial charge in [0.1, 0.15) is 5.75 Å². The molecule has 0 atom stereocenters. The van der Waals surface area contributed by atoms with Crippen LogP contribution in [0.15, 0.2) is 18.2 Å². The number of ether oxygens (including phenoxy) is 1. The Hall–Kier alpha value is -1.89. The Morgan fingerprint density at radius 1 is 1.50 bits per heavy atom. The molecule has 1 amide bonds. The molecule has 1 aromatic carbocycles. The van der Waals surface area contributed by atoms with Crippen LogP contribution in [0.4, 0.5) is 20.2 Å². The van der Waals surface area contributed by atoms with Gasteiger partial charge in [0.2, 0.25) is 5.91 Å². The van der Waals surface area contributed by atoms with E-state index in [4.69, 9.17) is 10.5 Å². The maximum atomic E-state index is 12.1. The number of hydrogen-bond acceptors (Lipinski definition) is 4. The SMILES string of the molecule is COc1ccc(NC(=O)CCN(C)CC(F)F)c(N)c1. The van der Waals surface area contributed by atoms with Gasteiger partial charge in [-0.05, 0) is 19.2 Å². The van der Waals surface area contributed by atoms with E-state index in [1.54, 1.807) is 25.2 Å². The summed E-state index contributed by atoms with van der Waals surface area (Å²) >= 11 is 0. The van der Waals surface area contributed by atoms with Gasteiger partial charge in [0.15, 0.2) is 0 Å². The topological polar surface area (TPSA) is 67.6 Å². The number of amides is 1. The van der Waals surface area contributed by atoms with Gasteiger partial charge in [-0.1, -0.05) is 0 Å². The smallest absolute Gasteiger partial charge is 0.251 e. The second-order valence-corrected chi connectivity index (χ2v) is 4.40. The van der Waals surface area contributed by atoms with Gasteiger partial charge in [-0.3, -0.25) is 4.79 Å². The van der Waals surface area contributed by atoms with Crippen LogP contribution in [0, 0.1) is 0 Å². The van der Waals surface area contributed by atoms with E-state index in [1.807, 2.05) is 0 Å². The molecule has 0 radical (unpaired) electrons. The monoisotopic (exact) mass is 287 g/mol. The molecule has 0 aromatic heterocycles. The molecular weight excluding hydrogens is 268 g/mol. The first-order valence-corrected chi connectivity index (χ1v) is 6.12. The van der Waals surface area contributed by atoms with Crippen LogP contribution in [0.3, 0.4) is 0 Å². The summed E-state index contributed by atoms with van der Waals surface area (Å²) in [6.07, 6.45) is -2.28. The predicted molar refractivity (Wildman–Crippen MR) is 74.2 cm³/mol. The number of anilines is 2. The summed E-state index contributed by atoms with van der Waals surface area (Å²) < 4.78 is 29.2. The maximum absolute atomic E-state index is 12.1. The molecule has 20 heavy (non-hydrogen) atoms. The van der Waals surface area contributed by atoms with Crippen molar-refractivity contribution in [3.05, 3.63) is 18.2 Å². The Kier molecular flexibility index (Phi) is 6.17. The molecule has 0 aliphatic carbocycles. The van der Waals surface area contributed by atoms with E-state index >= 15 is 0 Å². The van der Waals surface area contributed by atoms with Crippen molar-refractivity contribution >= 4 is 17.3 Å². The van der Waals surface area contributed by atoms with Crippen LogP contribution in [0.1, 0.15) is 6.42 Å². The van der Waals surface area contributed by atoms with Gasteiger partial charge < -0.3 is 20.7 Å². The standard InChI is InChI=1S/C13H19F2N3O2/c1-18(8-12(14)15)6-5-13(19)17-11-4-3-9(20-2)7-10(11)16/h3-4,7,12H,5-6,8,16H2,1-2H3,(H,17,19). The lowest BCUT2D eigenvalue weighted by Gasteiger charge is -2.15. The number of halogens is 2. The minimum Gasteiger partial charge on any atom is -0.497 e. The minimum atomic E-state index is -2.40. The van der Waals surface area contributed by atoms with Crippen molar-refractivity contribution in [3.63, 3.8) is 0 Å². The second kappa shape index (κ2) is 7.64. The van der Waals surface area contributed by atoms with E-state index in [0.29, 0.717) is 17.1 Å². The molecule has 0 bridgehead atoms. The van der Waals surface area contributed by atoms with Crippen LogP contribution in [-0.2, 0) is 4.79 Å². The lowest BCUT2D eigenvalue weighted by atomic mass is 10.2. The zero-order chi connectivity index (χ0) is 15.1. The fourth-order valence-corrected chi connectivity index (χ4v) is 1.61. The van der Waals surface area contributed by atoms with Crippen molar-refractivity contribution in [3.8, 4) is 5.75 Å². The third-order valence-corrected chi connectivity index (χ3v) is 2.70. The summed E-state index contributed by atoms with van der Waals surface area (Å²) in [5.41, 5.74) is 6.63. The third-order valence-electron chi connectivity index (χ3n) is 2.70. The van der Waals surface area contributed by atoms with Crippen molar-refractivity contribution in [1.82, 2.24) is 4.90 Å². The summed E-state index contributed by atoms with van der Waals surface area (Å²) in [6, 6.07) is 4.91. The molecule has 0 spiro atoms. The first kappa shape index (κ1) is 16.2. The van der Waals surface area contributed by atoms with E-state index < -0.39 is 6.43 Å². The zero-order valence-corrected chi connectivity index (χ0v) is 11.5. The van der Waals surface area contributed by atoms with Gasteiger partial charge >= 0.3 is 0 Å². The molecule has 1 aromatic rings.